The molecule has 0 saturated carbocycles. The molecule has 0 spiro atoms. The van der Waals surface area contributed by atoms with Gasteiger partial charge in [0.25, 0.3) is 0 Å². The van der Waals surface area contributed by atoms with Gasteiger partial charge in [0.1, 0.15) is 11.5 Å². The lowest BCUT2D eigenvalue weighted by molar-refractivity contribution is -0.133. The Bertz CT molecular complexity index is 437. The number of hydrogen-bond donors (Lipinski definition) is 0. The average Bonchev–Trinajstić information content (AvgIpc) is 2.27. The van der Waals surface area contributed by atoms with Crippen molar-refractivity contribution in [3.05, 3.63) is 23.8 Å². The van der Waals surface area contributed by atoms with Gasteiger partial charge in [0.2, 0.25) is 0 Å². The Morgan fingerprint density at radius 3 is 2.33 bits per heavy atom. The van der Waals surface area contributed by atoms with E-state index < -0.39 is 0 Å². The van der Waals surface area contributed by atoms with Crippen LogP contribution in [0, 0.1) is 0 Å². The molecule has 1 aromatic carbocycles. The van der Waals surface area contributed by atoms with Gasteiger partial charge in [-0.25, -0.2) is 0 Å². The Morgan fingerprint density at radius 2 is 1.78 bits per heavy atom. The first kappa shape index (κ1) is 14.2. The number of rotatable bonds is 5. The highest BCUT2D eigenvalue weighted by Crippen LogP contribution is 2.26. The average molecular weight is 250 g/mol. The standard InChI is InChI=1S/C14H18O4/c1-4-5-6-12-9-13(17-10(2)15)7-8-14(12)18-11(3)16/h7-9H,4-6H2,1-3H3. The van der Waals surface area contributed by atoms with Gasteiger partial charge in [-0.2, -0.15) is 0 Å². The maximum absolute atomic E-state index is 11.0. The number of esters is 2. The minimum absolute atomic E-state index is 0.354. The normalized spacial score (nSPS) is 9.94. The van der Waals surface area contributed by atoms with Crippen molar-refractivity contribution in [1.82, 2.24) is 0 Å². The number of unbranched alkanes of at least 4 members (excludes halogenated alkanes) is 1. The van der Waals surface area contributed by atoms with Crippen molar-refractivity contribution in [3.63, 3.8) is 0 Å². The van der Waals surface area contributed by atoms with Gasteiger partial charge in [0.15, 0.2) is 0 Å². The molecule has 18 heavy (non-hydrogen) atoms. The number of benzene rings is 1. The zero-order valence-electron chi connectivity index (χ0n) is 11.0. The molecule has 1 aromatic rings. The van der Waals surface area contributed by atoms with E-state index in [4.69, 9.17) is 9.47 Å². The topological polar surface area (TPSA) is 52.6 Å². The quantitative estimate of drug-likeness (QED) is 0.595. The van der Waals surface area contributed by atoms with Gasteiger partial charge in [0, 0.05) is 13.8 Å². The van der Waals surface area contributed by atoms with E-state index in [1.165, 1.54) is 13.8 Å². The molecule has 0 fully saturated rings. The number of hydrogen-bond acceptors (Lipinski definition) is 4. The van der Waals surface area contributed by atoms with Crippen molar-refractivity contribution >= 4 is 11.9 Å². The molecule has 1 rings (SSSR count). The van der Waals surface area contributed by atoms with Crippen LogP contribution in [-0.4, -0.2) is 11.9 Å². The van der Waals surface area contributed by atoms with Crippen LogP contribution < -0.4 is 9.47 Å². The molecule has 0 atom stereocenters. The van der Waals surface area contributed by atoms with Crippen LogP contribution in [0.25, 0.3) is 0 Å². The lowest BCUT2D eigenvalue weighted by Gasteiger charge is -2.10. The highest BCUT2D eigenvalue weighted by molar-refractivity contribution is 5.71. The summed E-state index contributed by atoms with van der Waals surface area (Å²) >= 11 is 0. The largest absolute Gasteiger partial charge is 0.427 e. The van der Waals surface area contributed by atoms with Crippen LogP contribution in [0.3, 0.4) is 0 Å². The van der Waals surface area contributed by atoms with Crippen molar-refractivity contribution in [3.8, 4) is 11.5 Å². The fourth-order valence-corrected chi connectivity index (χ4v) is 1.60. The second-order valence-corrected chi connectivity index (χ2v) is 4.06. The van der Waals surface area contributed by atoms with E-state index >= 15 is 0 Å². The van der Waals surface area contributed by atoms with E-state index in [-0.39, 0.29) is 11.9 Å². The predicted molar refractivity (Wildman–Crippen MR) is 67.7 cm³/mol. The second kappa shape index (κ2) is 6.79. The minimum atomic E-state index is -0.364. The maximum Gasteiger partial charge on any atom is 0.308 e. The Morgan fingerprint density at radius 1 is 1.11 bits per heavy atom. The second-order valence-electron chi connectivity index (χ2n) is 4.06. The summed E-state index contributed by atoms with van der Waals surface area (Å²) in [5, 5.41) is 0. The Balaban J connectivity index is 2.95. The highest BCUT2D eigenvalue weighted by atomic mass is 16.5. The van der Waals surface area contributed by atoms with Crippen LogP contribution >= 0.6 is 0 Å². The molecule has 0 aliphatic heterocycles. The van der Waals surface area contributed by atoms with Crippen LogP contribution in [0.2, 0.25) is 0 Å². The van der Waals surface area contributed by atoms with E-state index in [1.54, 1.807) is 18.2 Å². The minimum Gasteiger partial charge on any atom is -0.427 e. The van der Waals surface area contributed by atoms with E-state index in [0.717, 1.165) is 24.8 Å². The number of carbonyl (C=O) groups is 2. The molecule has 0 amide bonds. The van der Waals surface area contributed by atoms with Gasteiger partial charge < -0.3 is 9.47 Å². The first-order valence-corrected chi connectivity index (χ1v) is 6.02. The molecular formula is C14H18O4. The van der Waals surface area contributed by atoms with E-state index in [0.29, 0.717) is 11.5 Å². The van der Waals surface area contributed by atoms with E-state index in [9.17, 15) is 9.59 Å². The summed E-state index contributed by atoms with van der Waals surface area (Å²) in [6.07, 6.45) is 2.81. The molecule has 98 valence electrons. The van der Waals surface area contributed by atoms with Crippen molar-refractivity contribution in [2.75, 3.05) is 0 Å². The third-order valence-corrected chi connectivity index (χ3v) is 2.35. The summed E-state index contributed by atoms with van der Waals surface area (Å²) in [5.41, 5.74) is 0.880. The zero-order chi connectivity index (χ0) is 13.5. The molecule has 0 unspecified atom stereocenters. The van der Waals surface area contributed by atoms with E-state index in [1.807, 2.05) is 0 Å². The third kappa shape index (κ3) is 4.57. The van der Waals surface area contributed by atoms with Crippen molar-refractivity contribution < 1.29 is 19.1 Å². The van der Waals surface area contributed by atoms with Gasteiger partial charge >= 0.3 is 11.9 Å². The molecule has 0 N–H and O–H groups in total. The first-order valence-electron chi connectivity index (χ1n) is 6.02. The number of aryl methyl sites for hydroxylation is 1. The monoisotopic (exact) mass is 250 g/mol. The molecule has 0 radical (unpaired) electrons. The Hall–Kier alpha value is -1.84. The molecule has 0 heterocycles. The smallest absolute Gasteiger partial charge is 0.308 e. The molecule has 0 aromatic heterocycles. The molecule has 4 nitrogen and oxygen atoms in total. The molecular weight excluding hydrogens is 232 g/mol. The zero-order valence-corrected chi connectivity index (χ0v) is 11.0. The van der Waals surface area contributed by atoms with Crippen LogP contribution in [0.15, 0.2) is 18.2 Å². The SMILES string of the molecule is CCCCc1cc(OC(C)=O)ccc1OC(C)=O. The molecule has 0 aliphatic rings. The highest BCUT2D eigenvalue weighted by Gasteiger charge is 2.09. The number of carbonyl (C=O) groups excluding carboxylic acids is 2. The lowest BCUT2D eigenvalue weighted by Crippen LogP contribution is -2.06. The maximum atomic E-state index is 11.0. The van der Waals surface area contributed by atoms with E-state index in [2.05, 4.69) is 6.92 Å². The van der Waals surface area contributed by atoms with Crippen molar-refractivity contribution in [1.29, 1.82) is 0 Å². The molecule has 0 bridgehead atoms. The summed E-state index contributed by atoms with van der Waals surface area (Å²) < 4.78 is 10.1. The number of ether oxygens (including phenoxy) is 2. The third-order valence-electron chi connectivity index (χ3n) is 2.35. The fraction of sp³-hybridized carbons (Fsp3) is 0.429. The molecule has 0 saturated heterocycles. The van der Waals surface area contributed by atoms with Crippen molar-refractivity contribution in [2.24, 2.45) is 0 Å². The molecule has 0 aliphatic carbocycles. The van der Waals surface area contributed by atoms with Crippen LogP contribution in [-0.2, 0) is 16.0 Å². The summed E-state index contributed by atoms with van der Waals surface area (Å²) in [7, 11) is 0. The van der Waals surface area contributed by atoms with Crippen molar-refractivity contribution in [2.45, 2.75) is 40.0 Å². The van der Waals surface area contributed by atoms with Crippen LogP contribution in [0.5, 0.6) is 11.5 Å². The van der Waals surface area contributed by atoms with Gasteiger partial charge in [-0.3, -0.25) is 9.59 Å². The van der Waals surface area contributed by atoms with Crippen LogP contribution in [0.1, 0.15) is 39.2 Å². The Kier molecular flexibility index (Phi) is 5.36. The fourth-order valence-electron chi connectivity index (χ4n) is 1.60. The predicted octanol–water partition coefficient (Wildman–Crippen LogP) is 2.88. The summed E-state index contributed by atoms with van der Waals surface area (Å²) in [6, 6.07) is 5.02. The molecule has 4 heteroatoms. The van der Waals surface area contributed by atoms with Gasteiger partial charge in [-0.1, -0.05) is 13.3 Å². The summed E-state index contributed by atoms with van der Waals surface area (Å²) in [5.74, 6) is 0.293. The Labute approximate surface area is 107 Å². The summed E-state index contributed by atoms with van der Waals surface area (Å²) in [4.78, 5) is 21.9. The summed E-state index contributed by atoms with van der Waals surface area (Å²) in [6.45, 7) is 4.80. The van der Waals surface area contributed by atoms with Crippen LogP contribution in [0.4, 0.5) is 0 Å². The first-order chi connectivity index (χ1) is 8.52. The van der Waals surface area contributed by atoms with Gasteiger partial charge in [-0.05, 0) is 36.6 Å². The van der Waals surface area contributed by atoms with Gasteiger partial charge in [0.05, 0.1) is 0 Å². The van der Waals surface area contributed by atoms with Gasteiger partial charge in [-0.15, -0.1) is 0 Å². The lowest BCUT2D eigenvalue weighted by atomic mass is 10.1.